The van der Waals surface area contributed by atoms with Crippen molar-refractivity contribution in [2.75, 3.05) is 0 Å². The first-order chi connectivity index (χ1) is 17.1. The SMILES string of the molecule is O=C(NCc1ccccc1)C1N(Cc2ccccc2)C(=O)C2([Se]c3ccccc3)CC3C=CC12O3. The molecule has 0 saturated carbocycles. The zero-order valence-electron chi connectivity index (χ0n) is 19.2. The van der Waals surface area contributed by atoms with Crippen molar-refractivity contribution in [2.45, 2.75) is 41.6 Å². The third-order valence-electron chi connectivity index (χ3n) is 7.14. The van der Waals surface area contributed by atoms with Gasteiger partial charge in [0.1, 0.15) is 0 Å². The molecule has 2 fully saturated rings. The number of amides is 2. The molecule has 2 bridgehead atoms. The minimum absolute atomic E-state index is 0.0249. The van der Waals surface area contributed by atoms with Gasteiger partial charge >= 0.3 is 212 Å². The van der Waals surface area contributed by atoms with Gasteiger partial charge in [-0.2, -0.15) is 0 Å². The topological polar surface area (TPSA) is 58.6 Å². The van der Waals surface area contributed by atoms with Crippen LogP contribution >= 0.6 is 0 Å². The van der Waals surface area contributed by atoms with E-state index in [0.29, 0.717) is 19.5 Å². The summed E-state index contributed by atoms with van der Waals surface area (Å²) >= 11 is -0.200. The van der Waals surface area contributed by atoms with Gasteiger partial charge in [-0.05, 0) is 0 Å². The number of carbonyl (C=O) groups is 2. The van der Waals surface area contributed by atoms with Crippen molar-refractivity contribution < 1.29 is 14.3 Å². The molecule has 1 N–H and O–H groups in total. The summed E-state index contributed by atoms with van der Waals surface area (Å²) in [5.41, 5.74) is 1.06. The van der Waals surface area contributed by atoms with Crippen LogP contribution in [0.5, 0.6) is 0 Å². The van der Waals surface area contributed by atoms with Crippen LogP contribution in [0.4, 0.5) is 0 Å². The molecule has 6 heteroatoms. The first kappa shape index (κ1) is 22.3. The Bertz CT molecular complexity index is 1270. The summed E-state index contributed by atoms with van der Waals surface area (Å²) in [6.45, 7) is 0.781. The number of hydrogen-bond acceptors (Lipinski definition) is 3. The maximum absolute atomic E-state index is 14.3. The fourth-order valence-electron chi connectivity index (χ4n) is 5.59. The van der Waals surface area contributed by atoms with Crippen molar-refractivity contribution in [3.8, 4) is 0 Å². The number of hydrogen-bond donors (Lipinski definition) is 1. The summed E-state index contributed by atoms with van der Waals surface area (Å²) in [7, 11) is 0. The number of carbonyl (C=O) groups excluding carboxylic acids is 2. The third kappa shape index (κ3) is 3.64. The van der Waals surface area contributed by atoms with Crippen molar-refractivity contribution >= 4 is 31.2 Å². The minimum atomic E-state index is -0.958. The number of rotatable bonds is 7. The van der Waals surface area contributed by atoms with Crippen LogP contribution in [0.25, 0.3) is 0 Å². The van der Waals surface area contributed by atoms with Gasteiger partial charge in [-0.25, -0.2) is 0 Å². The van der Waals surface area contributed by atoms with Crippen molar-refractivity contribution in [1.82, 2.24) is 10.2 Å². The first-order valence-electron chi connectivity index (χ1n) is 11.9. The van der Waals surface area contributed by atoms with E-state index in [1.54, 1.807) is 4.90 Å². The maximum atomic E-state index is 14.3. The molecule has 176 valence electrons. The molecule has 3 aliphatic heterocycles. The molecule has 2 amide bonds. The molecule has 35 heavy (non-hydrogen) atoms. The fourth-order valence-corrected chi connectivity index (χ4v) is 8.81. The Kier molecular flexibility index (Phi) is 5.60. The van der Waals surface area contributed by atoms with Crippen LogP contribution in [0.15, 0.2) is 103 Å². The van der Waals surface area contributed by atoms with E-state index < -0.39 is 16.0 Å². The monoisotopic (exact) mass is 530 g/mol. The predicted octanol–water partition coefficient (Wildman–Crippen LogP) is 3.00. The first-order valence-corrected chi connectivity index (χ1v) is 13.6. The Morgan fingerprint density at radius 1 is 0.943 bits per heavy atom. The Balaban J connectivity index is 1.39. The van der Waals surface area contributed by atoms with Crippen LogP contribution in [0.3, 0.4) is 0 Å². The van der Waals surface area contributed by atoms with E-state index in [0.717, 1.165) is 15.6 Å². The van der Waals surface area contributed by atoms with Gasteiger partial charge in [0.15, 0.2) is 0 Å². The molecule has 4 atom stereocenters. The molecule has 2 saturated heterocycles. The van der Waals surface area contributed by atoms with Gasteiger partial charge in [-0.3, -0.25) is 0 Å². The number of ether oxygens (including phenoxy) is 1. The van der Waals surface area contributed by atoms with E-state index in [9.17, 15) is 9.59 Å². The summed E-state index contributed by atoms with van der Waals surface area (Å²) in [5, 5.41) is 3.11. The summed E-state index contributed by atoms with van der Waals surface area (Å²) in [4.78, 5) is 30.0. The Labute approximate surface area is 211 Å². The van der Waals surface area contributed by atoms with Crippen molar-refractivity contribution in [1.29, 1.82) is 0 Å². The van der Waals surface area contributed by atoms with Crippen molar-refractivity contribution in [2.24, 2.45) is 0 Å². The normalized spacial score (nSPS) is 28.3. The molecular weight excluding hydrogens is 503 g/mol. The summed E-state index contributed by atoms with van der Waals surface area (Å²) in [6, 6.07) is 29.2. The second-order valence-electron chi connectivity index (χ2n) is 9.28. The van der Waals surface area contributed by atoms with Gasteiger partial charge in [-0.1, -0.05) is 0 Å². The molecule has 3 heterocycles. The van der Waals surface area contributed by atoms with E-state index in [1.807, 2.05) is 91.0 Å². The van der Waals surface area contributed by atoms with Gasteiger partial charge in [-0.15, -0.1) is 0 Å². The summed E-state index contributed by atoms with van der Waals surface area (Å²) in [5.74, 6) is -0.145. The number of nitrogens with one attached hydrogen (secondary N) is 1. The average molecular weight is 529 g/mol. The Morgan fingerprint density at radius 3 is 2.23 bits per heavy atom. The van der Waals surface area contributed by atoms with E-state index in [2.05, 4.69) is 17.4 Å². The van der Waals surface area contributed by atoms with E-state index in [1.165, 1.54) is 0 Å². The standard InChI is InChI=1S/C29H26N2O3Se/c32-26(30-19-21-10-4-1-5-11-21)25-28-17-16-23(34-28)18-29(28,35-24-14-8-3-9-15-24)27(33)31(25)20-22-12-6-2-7-13-22/h1-17,23,25H,18-20H2,(H,30,32). The summed E-state index contributed by atoms with van der Waals surface area (Å²) < 4.78 is 6.96. The van der Waals surface area contributed by atoms with Crippen LogP contribution in [0, 0.1) is 0 Å². The number of likely N-dealkylation sites (tertiary alicyclic amines) is 1. The van der Waals surface area contributed by atoms with Gasteiger partial charge < -0.3 is 0 Å². The van der Waals surface area contributed by atoms with Gasteiger partial charge in [0.2, 0.25) is 0 Å². The zero-order chi connectivity index (χ0) is 23.9. The number of nitrogens with zero attached hydrogens (tertiary/aromatic N) is 1. The molecule has 0 aliphatic carbocycles. The fraction of sp³-hybridized carbons (Fsp3) is 0.241. The predicted molar refractivity (Wildman–Crippen MR) is 135 cm³/mol. The van der Waals surface area contributed by atoms with Crippen LogP contribution < -0.4 is 9.78 Å². The van der Waals surface area contributed by atoms with E-state index in [-0.39, 0.29) is 32.9 Å². The molecule has 0 aromatic heterocycles. The second kappa shape index (κ2) is 8.80. The van der Waals surface area contributed by atoms with Crippen LogP contribution in [0.2, 0.25) is 4.31 Å². The van der Waals surface area contributed by atoms with Gasteiger partial charge in [0.05, 0.1) is 0 Å². The molecule has 1 spiro atoms. The number of fused-ring (bicyclic) bond motifs is 1. The molecule has 6 rings (SSSR count). The Morgan fingerprint density at radius 2 is 1.57 bits per heavy atom. The zero-order valence-corrected chi connectivity index (χ0v) is 20.9. The molecule has 5 nitrogen and oxygen atoms in total. The molecule has 3 aromatic rings. The molecule has 0 radical (unpaired) electrons. The van der Waals surface area contributed by atoms with Gasteiger partial charge in [0, 0.05) is 0 Å². The van der Waals surface area contributed by atoms with Crippen molar-refractivity contribution in [3.63, 3.8) is 0 Å². The second-order valence-corrected chi connectivity index (χ2v) is 12.2. The van der Waals surface area contributed by atoms with E-state index in [4.69, 9.17) is 4.74 Å². The molecule has 4 unspecified atom stereocenters. The van der Waals surface area contributed by atoms with Crippen LogP contribution in [-0.4, -0.2) is 49.4 Å². The third-order valence-corrected chi connectivity index (χ3v) is 10.3. The van der Waals surface area contributed by atoms with Crippen LogP contribution in [0.1, 0.15) is 17.5 Å². The molecule has 3 aromatic carbocycles. The Hall–Kier alpha value is -3.18. The van der Waals surface area contributed by atoms with Crippen LogP contribution in [-0.2, 0) is 27.4 Å². The van der Waals surface area contributed by atoms with E-state index >= 15 is 0 Å². The average Bonchev–Trinajstić information content (AvgIpc) is 3.51. The quantitative estimate of drug-likeness (QED) is 0.378. The molecule has 3 aliphatic rings. The molecular formula is C29H26N2O3Se. The van der Waals surface area contributed by atoms with Crippen molar-refractivity contribution in [3.05, 3.63) is 114 Å². The summed E-state index contributed by atoms with van der Waals surface area (Å²) in [6.07, 6.45) is 4.54. The number of benzene rings is 3. The van der Waals surface area contributed by atoms with Gasteiger partial charge in [0.25, 0.3) is 0 Å².